The average molecular weight is 224 g/mol. The Kier molecular flexibility index (Phi) is 4.68. The highest BCUT2D eigenvalue weighted by Gasteiger charge is 2.17. The number of allylic oxidation sites excluding steroid dienone is 3. The summed E-state index contributed by atoms with van der Waals surface area (Å²) in [5, 5.41) is 3.34. The molecule has 1 aliphatic heterocycles. The zero-order valence-electron chi connectivity index (χ0n) is 10.5. The zero-order valence-corrected chi connectivity index (χ0v) is 10.5. The number of hydrogen-bond donors (Lipinski definition) is 3. The van der Waals surface area contributed by atoms with Gasteiger partial charge in [-0.25, -0.2) is 0 Å². The van der Waals surface area contributed by atoms with Crippen LogP contribution < -0.4 is 16.8 Å². The van der Waals surface area contributed by atoms with Crippen LogP contribution in [0.25, 0.3) is 0 Å². The van der Waals surface area contributed by atoms with Crippen LogP contribution in [0.5, 0.6) is 0 Å². The highest BCUT2D eigenvalue weighted by molar-refractivity contribution is 5.15. The van der Waals surface area contributed by atoms with Crippen molar-refractivity contribution in [1.82, 2.24) is 10.2 Å². The molecular formula is C12H24N4. The normalized spacial score (nSPS) is 24.0. The molecule has 1 heterocycles. The molecule has 4 heteroatoms. The third-order valence-electron chi connectivity index (χ3n) is 2.95. The maximum absolute atomic E-state index is 6.05. The molecule has 5 N–H and O–H groups in total. The van der Waals surface area contributed by atoms with Crippen LogP contribution in [0.3, 0.4) is 0 Å². The van der Waals surface area contributed by atoms with Crippen LogP contribution in [-0.2, 0) is 0 Å². The average Bonchev–Trinajstić information content (AvgIpc) is 2.25. The lowest BCUT2D eigenvalue weighted by Crippen LogP contribution is -2.50. The first-order valence-electron chi connectivity index (χ1n) is 5.92. The Morgan fingerprint density at radius 3 is 2.62 bits per heavy atom. The number of nitrogens with one attached hydrogen (secondary N) is 1. The number of nitrogens with zero attached hydrogens (tertiary/aromatic N) is 1. The molecule has 0 amide bonds. The second kappa shape index (κ2) is 5.80. The topological polar surface area (TPSA) is 67.3 Å². The first-order valence-corrected chi connectivity index (χ1v) is 5.92. The van der Waals surface area contributed by atoms with Crippen LogP contribution >= 0.6 is 0 Å². The first-order chi connectivity index (χ1) is 7.52. The van der Waals surface area contributed by atoms with Crippen molar-refractivity contribution in [3.63, 3.8) is 0 Å². The van der Waals surface area contributed by atoms with Gasteiger partial charge in [0.05, 0.1) is 5.82 Å². The molecule has 0 bridgehead atoms. The molecular weight excluding hydrogens is 200 g/mol. The highest BCUT2D eigenvalue weighted by atomic mass is 15.3. The van der Waals surface area contributed by atoms with Crippen molar-refractivity contribution in [1.29, 1.82) is 0 Å². The van der Waals surface area contributed by atoms with Crippen molar-refractivity contribution in [2.45, 2.75) is 26.8 Å². The molecule has 1 unspecified atom stereocenters. The third kappa shape index (κ3) is 3.45. The van der Waals surface area contributed by atoms with Gasteiger partial charge >= 0.3 is 0 Å². The van der Waals surface area contributed by atoms with E-state index in [0.717, 1.165) is 31.2 Å². The minimum atomic E-state index is 0.365. The summed E-state index contributed by atoms with van der Waals surface area (Å²) >= 11 is 0. The van der Waals surface area contributed by atoms with E-state index in [-0.39, 0.29) is 0 Å². The molecule has 1 saturated heterocycles. The molecule has 0 spiro atoms. The number of piperazine rings is 1. The third-order valence-corrected chi connectivity index (χ3v) is 2.95. The summed E-state index contributed by atoms with van der Waals surface area (Å²) in [6.07, 6.45) is 3.83. The Hall–Kier alpha value is -1.16. The summed E-state index contributed by atoms with van der Waals surface area (Å²) in [6, 6.07) is 0.443. The molecule has 0 saturated carbocycles. The summed E-state index contributed by atoms with van der Waals surface area (Å²) in [4.78, 5) is 2.21. The van der Waals surface area contributed by atoms with E-state index >= 15 is 0 Å². The molecule has 0 radical (unpaired) electrons. The molecule has 1 aliphatic rings. The van der Waals surface area contributed by atoms with E-state index < -0.39 is 0 Å². The Morgan fingerprint density at radius 2 is 2.06 bits per heavy atom. The van der Waals surface area contributed by atoms with Gasteiger partial charge in [0.15, 0.2) is 0 Å². The molecule has 0 aromatic carbocycles. The number of rotatable bonds is 3. The summed E-state index contributed by atoms with van der Waals surface area (Å²) in [5.41, 5.74) is 12.8. The van der Waals surface area contributed by atoms with Crippen LogP contribution in [0.1, 0.15) is 20.8 Å². The van der Waals surface area contributed by atoms with Crippen LogP contribution in [0.15, 0.2) is 23.7 Å². The Balaban J connectivity index is 2.65. The fourth-order valence-electron chi connectivity index (χ4n) is 1.69. The van der Waals surface area contributed by atoms with Crippen LogP contribution in [0, 0.1) is 5.92 Å². The van der Waals surface area contributed by atoms with Gasteiger partial charge in [0, 0.05) is 31.4 Å². The predicted octanol–water partition coefficient (Wildman–Crippen LogP) is 0.579. The molecule has 0 aliphatic carbocycles. The maximum Gasteiger partial charge on any atom is 0.0990 e. The molecule has 0 aromatic heterocycles. The van der Waals surface area contributed by atoms with Crippen molar-refractivity contribution in [2.24, 2.45) is 17.4 Å². The van der Waals surface area contributed by atoms with Gasteiger partial charge in [-0.05, 0) is 25.0 Å². The van der Waals surface area contributed by atoms with Crippen molar-refractivity contribution in [2.75, 3.05) is 19.6 Å². The van der Waals surface area contributed by atoms with Crippen molar-refractivity contribution in [3.05, 3.63) is 23.7 Å². The molecule has 16 heavy (non-hydrogen) atoms. The van der Waals surface area contributed by atoms with E-state index in [9.17, 15) is 0 Å². The SMILES string of the molecule is CC(C)/C(N)=C/C=C(\N)N1CCNCC1C. The van der Waals surface area contributed by atoms with E-state index in [4.69, 9.17) is 11.5 Å². The fourth-order valence-corrected chi connectivity index (χ4v) is 1.69. The molecule has 1 fully saturated rings. The van der Waals surface area contributed by atoms with Crippen LogP contribution in [0.4, 0.5) is 0 Å². The van der Waals surface area contributed by atoms with E-state index in [2.05, 4.69) is 31.0 Å². The van der Waals surface area contributed by atoms with E-state index in [0.29, 0.717) is 12.0 Å². The molecule has 1 rings (SSSR count). The number of nitrogens with two attached hydrogens (primary N) is 2. The number of hydrogen-bond acceptors (Lipinski definition) is 4. The Morgan fingerprint density at radius 1 is 1.38 bits per heavy atom. The molecule has 1 atom stereocenters. The van der Waals surface area contributed by atoms with E-state index in [1.807, 2.05) is 12.2 Å². The Bertz CT molecular complexity index is 281. The van der Waals surface area contributed by atoms with Gasteiger partial charge in [-0.2, -0.15) is 0 Å². The van der Waals surface area contributed by atoms with Gasteiger partial charge in [-0.3, -0.25) is 0 Å². The van der Waals surface area contributed by atoms with Gasteiger partial charge in [-0.15, -0.1) is 0 Å². The maximum atomic E-state index is 6.05. The largest absolute Gasteiger partial charge is 0.402 e. The summed E-state index contributed by atoms with van der Waals surface area (Å²) in [7, 11) is 0. The standard InChI is InChI=1S/C12H24N4/c1-9(2)11(13)4-5-12(14)16-7-6-15-8-10(16)3/h4-5,9-10,15H,6-8,13-14H2,1-3H3/b11-4-,12-5+. The quantitative estimate of drug-likeness (QED) is 0.613. The first kappa shape index (κ1) is 12.9. The molecule has 92 valence electrons. The van der Waals surface area contributed by atoms with Crippen molar-refractivity contribution in [3.8, 4) is 0 Å². The molecule has 0 aromatic rings. The van der Waals surface area contributed by atoms with Gasteiger partial charge in [0.1, 0.15) is 0 Å². The smallest absolute Gasteiger partial charge is 0.0990 e. The lowest BCUT2D eigenvalue weighted by molar-refractivity contribution is 0.221. The monoisotopic (exact) mass is 224 g/mol. The van der Waals surface area contributed by atoms with Gasteiger partial charge in [0.2, 0.25) is 0 Å². The summed E-state index contributed by atoms with van der Waals surface area (Å²) in [6.45, 7) is 9.24. The Labute approximate surface area is 98.4 Å². The highest BCUT2D eigenvalue weighted by Crippen LogP contribution is 2.09. The second-order valence-corrected chi connectivity index (χ2v) is 4.66. The van der Waals surface area contributed by atoms with E-state index in [1.165, 1.54) is 0 Å². The van der Waals surface area contributed by atoms with Gasteiger partial charge in [0.25, 0.3) is 0 Å². The molecule has 4 nitrogen and oxygen atoms in total. The lowest BCUT2D eigenvalue weighted by atomic mass is 10.1. The van der Waals surface area contributed by atoms with Crippen LogP contribution in [0.2, 0.25) is 0 Å². The fraction of sp³-hybridized carbons (Fsp3) is 0.667. The van der Waals surface area contributed by atoms with Gasteiger partial charge < -0.3 is 21.7 Å². The van der Waals surface area contributed by atoms with Crippen LogP contribution in [-0.4, -0.2) is 30.6 Å². The minimum Gasteiger partial charge on any atom is -0.402 e. The summed E-state index contributed by atoms with van der Waals surface area (Å²) < 4.78 is 0. The van der Waals surface area contributed by atoms with Crippen molar-refractivity contribution < 1.29 is 0 Å². The summed E-state index contributed by atoms with van der Waals surface area (Å²) in [5.74, 6) is 1.17. The second-order valence-electron chi connectivity index (χ2n) is 4.66. The minimum absolute atomic E-state index is 0.365. The zero-order chi connectivity index (χ0) is 12.1. The van der Waals surface area contributed by atoms with E-state index in [1.54, 1.807) is 0 Å². The van der Waals surface area contributed by atoms with Gasteiger partial charge in [-0.1, -0.05) is 13.8 Å². The lowest BCUT2D eigenvalue weighted by Gasteiger charge is -2.35. The van der Waals surface area contributed by atoms with Crippen molar-refractivity contribution >= 4 is 0 Å². The predicted molar refractivity (Wildman–Crippen MR) is 68.4 cm³/mol.